The summed E-state index contributed by atoms with van der Waals surface area (Å²) in [6, 6.07) is 26.6. The summed E-state index contributed by atoms with van der Waals surface area (Å²) in [5, 5.41) is 13.2. The molecule has 34 heavy (non-hydrogen) atoms. The van der Waals surface area contributed by atoms with Crippen LogP contribution in [0.1, 0.15) is 29.7 Å². The number of rotatable bonds is 11. The van der Waals surface area contributed by atoms with Gasteiger partial charge in [0.1, 0.15) is 30.9 Å². The molecule has 0 saturated carbocycles. The Labute approximate surface area is 197 Å². The number of benzene rings is 3. The maximum atomic E-state index is 11.0. The van der Waals surface area contributed by atoms with Crippen LogP contribution in [-0.2, 0) is 22.8 Å². The fourth-order valence-corrected chi connectivity index (χ4v) is 3.21. The van der Waals surface area contributed by atoms with Gasteiger partial charge in [0.2, 0.25) is 5.89 Å². The minimum Gasteiger partial charge on any atom is -0.487 e. The van der Waals surface area contributed by atoms with Crippen molar-refractivity contribution in [2.75, 3.05) is 0 Å². The molecule has 0 spiro atoms. The zero-order chi connectivity index (χ0) is 23.6. The van der Waals surface area contributed by atoms with E-state index in [0.29, 0.717) is 36.1 Å². The normalized spacial score (nSPS) is 11.2. The summed E-state index contributed by atoms with van der Waals surface area (Å²) in [5.41, 5.74) is 3.98. The zero-order valence-corrected chi connectivity index (χ0v) is 18.5. The van der Waals surface area contributed by atoms with Crippen molar-refractivity contribution < 1.29 is 23.9 Å². The average Bonchev–Trinajstić information content (AvgIpc) is 3.36. The van der Waals surface area contributed by atoms with Crippen molar-refractivity contribution in [2.24, 2.45) is 5.16 Å². The van der Waals surface area contributed by atoms with Gasteiger partial charge in [0.15, 0.2) is 0 Å². The second-order valence-electron chi connectivity index (χ2n) is 7.51. The molecule has 1 aromatic heterocycles. The van der Waals surface area contributed by atoms with Crippen LogP contribution < -0.4 is 4.74 Å². The van der Waals surface area contributed by atoms with Gasteiger partial charge in [-0.05, 0) is 35.4 Å². The number of aliphatic carboxylic acids is 1. The van der Waals surface area contributed by atoms with E-state index in [1.807, 2.05) is 84.9 Å². The van der Waals surface area contributed by atoms with Crippen LogP contribution in [0.5, 0.6) is 5.75 Å². The largest absolute Gasteiger partial charge is 0.487 e. The predicted octanol–water partition coefficient (Wildman–Crippen LogP) is 5.71. The van der Waals surface area contributed by atoms with E-state index in [0.717, 1.165) is 16.7 Å². The topological polar surface area (TPSA) is 94.2 Å². The molecule has 1 N–H and O–H groups in total. The number of carboxylic acids is 1. The maximum absolute atomic E-state index is 11.0. The lowest BCUT2D eigenvalue weighted by atomic mass is 10.1. The van der Waals surface area contributed by atoms with Crippen LogP contribution in [0.25, 0.3) is 11.5 Å². The van der Waals surface area contributed by atoms with Crippen LogP contribution >= 0.6 is 0 Å². The fourth-order valence-electron chi connectivity index (χ4n) is 3.21. The Morgan fingerprint density at radius 2 is 1.59 bits per heavy atom. The first-order valence-electron chi connectivity index (χ1n) is 10.8. The molecular formula is C27H24N2O5. The second kappa shape index (κ2) is 11.5. The van der Waals surface area contributed by atoms with E-state index >= 15 is 0 Å². The van der Waals surface area contributed by atoms with E-state index < -0.39 is 5.97 Å². The number of hydrogen-bond donors (Lipinski definition) is 1. The Kier molecular flexibility index (Phi) is 7.69. The number of ether oxygens (including phenoxy) is 1. The molecule has 0 fully saturated rings. The Morgan fingerprint density at radius 3 is 2.29 bits per heavy atom. The van der Waals surface area contributed by atoms with Crippen LogP contribution in [-0.4, -0.2) is 21.8 Å². The quantitative estimate of drug-likeness (QED) is 0.230. The molecule has 0 aliphatic rings. The molecule has 4 rings (SSSR count). The van der Waals surface area contributed by atoms with E-state index in [-0.39, 0.29) is 13.0 Å². The summed E-state index contributed by atoms with van der Waals surface area (Å²) in [6.07, 6.45) is 1.87. The van der Waals surface area contributed by atoms with Crippen LogP contribution in [0, 0.1) is 0 Å². The minimum atomic E-state index is -0.874. The summed E-state index contributed by atoms with van der Waals surface area (Å²) < 4.78 is 11.3. The summed E-state index contributed by atoms with van der Waals surface area (Å²) in [5.74, 6) is 0.384. The highest BCUT2D eigenvalue weighted by Gasteiger charge is 2.09. The van der Waals surface area contributed by atoms with Crippen molar-refractivity contribution in [3.8, 4) is 17.2 Å². The van der Waals surface area contributed by atoms with Crippen LogP contribution in [0.2, 0.25) is 0 Å². The molecule has 0 bridgehead atoms. The van der Waals surface area contributed by atoms with Crippen molar-refractivity contribution in [1.29, 1.82) is 0 Å². The van der Waals surface area contributed by atoms with E-state index in [1.54, 1.807) is 6.26 Å². The Morgan fingerprint density at radius 1 is 0.882 bits per heavy atom. The van der Waals surface area contributed by atoms with Crippen molar-refractivity contribution >= 4 is 11.7 Å². The lowest BCUT2D eigenvalue weighted by Crippen LogP contribution is -2.06. The van der Waals surface area contributed by atoms with Crippen LogP contribution in [0.3, 0.4) is 0 Å². The molecule has 0 saturated heterocycles. The van der Waals surface area contributed by atoms with E-state index in [9.17, 15) is 4.79 Å². The first kappa shape index (κ1) is 22.8. The number of oxime groups is 1. The van der Waals surface area contributed by atoms with Gasteiger partial charge < -0.3 is 19.1 Å². The molecule has 7 nitrogen and oxygen atoms in total. The maximum Gasteiger partial charge on any atom is 0.303 e. The standard InChI is InChI=1S/C27H24N2O5/c30-26(31)16-15-25(21-7-3-1-4-8-21)29-34-17-20-11-13-24(14-12-20)32-18-23-19-33-27(28-23)22-9-5-2-6-10-22/h1-14,19H,15-18H2,(H,30,31)/b29-25+. The van der Waals surface area contributed by atoms with Crippen LogP contribution in [0.15, 0.2) is 101 Å². The lowest BCUT2D eigenvalue weighted by molar-refractivity contribution is -0.136. The Balaban J connectivity index is 1.30. The minimum absolute atomic E-state index is 0.0124. The van der Waals surface area contributed by atoms with Crippen LogP contribution in [0.4, 0.5) is 0 Å². The first-order chi connectivity index (χ1) is 16.7. The van der Waals surface area contributed by atoms with Gasteiger partial charge in [-0.1, -0.05) is 65.8 Å². The molecule has 4 aromatic rings. The third-order valence-electron chi connectivity index (χ3n) is 4.97. The smallest absolute Gasteiger partial charge is 0.303 e. The fraction of sp³-hybridized carbons (Fsp3) is 0.148. The summed E-state index contributed by atoms with van der Waals surface area (Å²) >= 11 is 0. The number of hydrogen-bond acceptors (Lipinski definition) is 6. The molecule has 0 radical (unpaired) electrons. The molecule has 7 heteroatoms. The first-order valence-corrected chi connectivity index (χ1v) is 10.8. The van der Waals surface area contributed by atoms with Gasteiger partial charge in [-0.15, -0.1) is 0 Å². The molecule has 1 heterocycles. The van der Waals surface area contributed by atoms with Gasteiger partial charge in [-0.2, -0.15) is 0 Å². The zero-order valence-electron chi connectivity index (χ0n) is 18.5. The van der Waals surface area contributed by atoms with Gasteiger partial charge in [0.25, 0.3) is 0 Å². The molecule has 0 aliphatic heterocycles. The molecule has 0 atom stereocenters. The number of oxazole rings is 1. The van der Waals surface area contributed by atoms with Gasteiger partial charge in [-0.25, -0.2) is 4.98 Å². The number of nitrogens with zero attached hydrogens (tertiary/aromatic N) is 2. The number of carboxylic acid groups (broad SMARTS) is 1. The predicted molar refractivity (Wildman–Crippen MR) is 127 cm³/mol. The summed E-state index contributed by atoms with van der Waals surface area (Å²) in [7, 11) is 0. The Hall–Kier alpha value is -4.39. The second-order valence-corrected chi connectivity index (χ2v) is 7.51. The van der Waals surface area contributed by atoms with Gasteiger partial charge in [0, 0.05) is 12.0 Å². The summed E-state index contributed by atoms with van der Waals surface area (Å²) in [4.78, 5) is 20.9. The summed E-state index contributed by atoms with van der Waals surface area (Å²) in [6.45, 7) is 0.549. The number of carbonyl (C=O) groups is 1. The highest BCUT2D eigenvalue weighted by Crippen LogP contribution is 2.20. The van der Waals surface area contributed by atoms with Gasteiger partial charge in [0.05, 0.1) is 12.1 Å². The van der Waals surface area contributed by atoms with E-state index in [4.69, 9.17) is 19.1 Å². The van der Waals surface area contributed by atoms with E-state index in [1.165, 1.54) is 0 Å². The highest BCUT2D eigenvalue weighted by molar-refractivity contribution is 6.01. The third-order valence-corrected chi connectivity index (χ3v) is 4.97. The molecule has 0 amide bonds. The van der Waals surface area contributed by atoms with E-state index in [2.05, 4.69) is 10.1 Å². The van der Waals surface area contributed by atoms with Crippen molar-refractivity contribution in [3.63, 3.8) is 0 Å². The van der Waals surface area contributed by atoms with Gasteiger partial charge in [-0.3, -0.25) is 4.79 Å². The van der Waals surface area contributed by atoms with Gasteiger partial charge >= 0.3 is 5.97 Å². The van der Waals surface area contributed by atoms with Crippen molar-refractivity contribution in [3.05, 3.63) is 108 Å². The number of aromatic nitrogens is 1. The molecular weight excluding hydrogens is 432 g/mol. The molecule has 0 unspecified atom stereocenters. The highest BCUT2D eigenvalue weighted by atomic mass is 16.6. The average molecular weight is 456 g/mol. The SMILES string of the molecule is O=C(O)CC/C(=N\OCc1ccc(OCc2coc(-c3ccccc3)n2)cc1)c1ccccc1. The third kappa shape index (κ3) is 6.56. The van der Waals surface area contributed by atoms with Crippen molar-refractivity contribution in [2.45, 2.75) is 26.1 Å². The molecule has 0 aliphatic carbocycles. The monoisotopic (exact) mass is 456 g/mol. The lowest BCUT2D eigenvalue weighted by Gasteiger charge is -2.07. The molecule has 172 valence electrons. The van der Waals surface area contributed by atoms with Crippen molar-refractivity contribution in [1.82, 2.24) is 4.98 Å². The Bertz CT molecular complexity index is 1220. The molecule has 3 aromatic carbocycles.